The number of hydrogen-bond acceptors (Lipinski definition) is 5. The van der Waals surface area contributed by atoms with Gasteiger partial charge in [-0.15, -0.1) is 0 Å². The second-order valence-corrected chi connectivity index (χ2v) is 4.99. The highest BCUT2D eigenvalue weighted by Gasteiger charge is 2.30. The van der Waals surface area contributed by atoms with Crippen LogP contribution in [0.1, 0.15) is 26.7 Å². The summed E-state index contributed by atoms with van der Waals surface area (Å²) in [5, 5.41) is 0. The number of esters is 1. The molecule has 1 heterocycles. The van der Waals surface area contributed by atoms with Crippen LogP contribution in [0.25, 0.3) is 0 Å². The van der Waals surface area contributed by atoms with E-state index in [-0.39, 0.29) is 12.1 Å². The van der Waals surface area contributed by atoms with Crippen molar-refractivity contribution in [2.45, 2.75) is 38.3 Å². The number of hydrogen-bond donors (Lipinski definition) is 1. The summed E-state index contributed by atoms with van der Waals surface area (Å²) >= 11 is 0. The van der Waals surface area contributed by atoms with Gasteiger partial charge in [-0.05, 0) is 26.7 Å². The zero-order valence-corrected chi connectivity index (χ0v) is 11.1. The summed E-state index contributed by atoms with van der Waals surface area (Å²) in [4.78, 5) is 13.7. The van der Waals surface area contributed by atoms with E-state index < -0.39 is 5.54 Å². The van der Waals surface area contributed by atoms with Gasteiger partial charge in [0.15, 0.2) is 0 Å². The number of methoxy groups -OCH3 is 1. The number of nitrogens with zero attached hydrogens (tertiary/aromatic N) is 1. The Morgan fingerprint density at radius 2 is 2.35 bits per heavy atom. The van der Waals surface area contributed by atoms with Crippen LogP contribution in [-0.4, -0.2) is 55.9 Å². The van der Waals surface area contributed by atoms with Crippen LogP contribution in [0, 0.1) is 0 Å². The zero-order valence-electron chi connectivity index (χ0n) is 11.1. The monoisotopic (exact) mass is 244 g/mol. The maximum atomic E-state index is 11.4. The third-order valence-electron chi connectivity index (χ3n) is 3.14. The predicted molar refractivity (Wildman–Crippen MR) is 65.7 cm³/mol. The molecular formula is C12H24N2O3. The molecule has 2 atom stereocenters. The first-order chi connectivity index (χ1) is 7.95. The van der Waals surface area contributed by atoms with Crippen LogP contribution < -0.4 is 5.73 Å². The van der Waals surface area contributed by atoms with Crippen LogP contribution in [-0.2, 0) is 14.3 Å². The van der Waals surface area contributed by atoms with Gasteiger partial charge in [0.25, 0.3) is 0 Å². The average molecular weight is 244 g/mol. The zero-order chi connectivity index (χ0) is 12.9. The molecule has 0 aromatic heterocycles. The molecular weight excluding hydrogens is 220 g/mol. The standard InChI is InChI=1S/C12H24N2O3/c1-10-9-14(6-4-8-17-10)7-5-12(2,13)11(15)16-3/h10H,4-9,13H2,1-3H3. The second kappa shape index (κ2) is 6.33. The van der Waals surface area contributed by atoms with E-state index in [0.29, 0.717) is 6.42 Å². The fraction of sp³-hybridized carbons (Fsp3) is 0.917. The smallest absolute Gasteiger partial charge is 0.325 e. The van der Waals surface area contributed by atoms with Gasteiger partial charge < -0.3 is 20.1 Å². The van der Waals surface area contributed by atoms with Crippen LogP contribution in [0.2, 0.25) is 0 Å². The summed E-state index contributed by atoms with van der Waals surface area (Å²) < 4.78 is 10.3. The van der Waals surface area contributed by atoms with E-state index in [2.05, 4.69) is 11.8 Å². The number of rotatable bonds is 4. The third-order valence-corrected chi connectivity index (χ3v) is 3.14. The van der Waals surface area contributed by atoms with Gasteiger partial charge in [-0.1, -0.05) is 0 Å². The fourth-order valence-corrected chi connectivity index (χ4v) is 2.01. The summed E-state index contributed by atoms with van der Waals surface area (Å²) in [5.41, 5.74) is 5.03. The first-order valence-corrected chi connectivity index (χ1v) is 6.17. The topological polar surface area (TPSA) is 64.8 Å². The minimum Gasteiger partial charge on any atom is -0.468 e. The van der Waals surface area contributed by atoms with Crippen molar-refractivity contribution in [2.24, 2.45) is 5.73 Å². The molecule has 1 saturated heterocycles. The third kappa shape index (κ3) is 4.61. The van der Waals surface area contributed by atoms with Gasteiger partial charge in [-0.3, -0.25) is 4.79 Å². The molecule has 0 radical (unpaired) electrons. The molecule has 5 heteroatoms. The second-order valence-electron chi connectivity index (χ2n) is 4.99. The van der Waals surface area contributed by atoms with Gasteiger partial charge in [-0.2, -0.15) is 0 Å². The highest BCUT2D eigenvalue weighted by atomic mass is 16.5. The molecule has 5 nitrogen and oxygen atoms in total. The lowest BCUT2D eigenvalue weighted by Crippen LogP contribution is -2.48. The maximum Gasteiger partial charge on any atom is 0.325 e. The molecule has 0 saturated carbocycles. The van der Waals surface area contributed by atoms with Crippen LogP contribution in [0.15, 0.2) is 0 Å². The molecule has 100 valence electrons. The van der Waals surface area contributed by atoms with Crippen molar-refractivity contribution in [3.05, 3.63) is 0 Å². The lowest BCUT2D eigenvalue weighted by atomic mass is 9.99. The molecule has 1 rings (SSSR count). The van der Waals surface area contributed by atoms with Crippen LogP contribution in [0.3, 0.4) is 0 Å². The van der Waals surface area contributed by atoms with Crippen molar-refractivity contribution in [3.63, 3.8) is 0 Å². The Bertz CT molecular complexity index is 256. The molecule has 2 unspecified atom stereocenters. The molecule has 17 heavy (non-hydrogen) atoms. The van der Waals surface area contributed by atoms with Crippen LogP contribution >= 0.6 is 0 Å². The van der Waals surface area contributed by atoms with Crippen LogP contribution in [0.4, 0.5) is 0 Å². The largest absolute Gasteiger partial charge is 0.468 e. The highest BCUT2D eigenvalue weighted by Crippen LogP contribution is 2.12. The number of nitrogens with two attached hydrogens (primary N) is 1. The Hall–Kier alpha value is -0.650. The SMILES string of the molecule is COC(=O)C(C)(N)CCN1CCCOC(C)C1. The normalized spacial score (nSPS) is 26.0. The van der Waals surface area contributed by atoms with Gasteiger partial charge in [-0.25, -0.2) is 0 Å². The van der Waals surface area contributed by atoms with Crippen molar-refractivity contribution in [1.82, 2.24) is 4.90 Å². The average Bonchev–Trinajstić information content (AvgIpc) is 2.50. The summed E-state index contributed by atoms with van der Waals surface area (Å²) in [6.07, 6.45) is 1.88. The summed E-state index contributed by atoms with van der Waals surface area (Å²) in [5.74, 6) is -0.350. The summed E-state index contributed by atoms with van der Waals surface area (Å²) in [6, 6.07) is 0. The molecule has 0 aromatic rings. The quantitative estimate of drug-likeness (QED) is 0.724. The predicted octanol–water partition coefficient (Wildman–Crippen LogP) is 0.378. The van der Waals surface area contributed by atoms with Crippen molar-refractivity contribution >= 4 is 5.97 Å². The van der Waals surface area contributed by atoms with E-state index in [1.807, 2.05) is 0 Å². The fourth-order valence-electron chi connectivity index (χ4n) is 2.01. The van der Waals surface area contributed by atoms with E-state index in [9.17, 15) is 4.79 Å². The van der Waals surface area contributed by atoms with E-state index >= 15 is 0 Å². The van der Waals surface area contributed by atoms with Crippen LogP contribution in [0.5, 0.6) is 0 Å². The minimum atomic E-state index is -0.898. The lowest BCUT2D eigenvalue weighted by molar-refractivity contribution is -0.146. The Kier molecular flexibility index (Phi) is 5.36. The molecule has 0 aromatic carbocycles. The number of carbonyl (C=O) groups is 1. The Morgan fingerprint density at radius 3 is 3.00 bits per heavy atom. The number of carbonyl (C=O) groups excluding carboxylic acids is 1. The summed E-state index contributed by atoms with van der Waals surface area (Å²) in [6.45, 7) is 7.31. The molecule has 0 bridgehead atoms. The van der Waals surface area contributed by atoms with E-state index in [0.717, 1.165) is 32.7 Å². The van der Waals surface area contributed by atoms with Crippen molar-refractivity contribution in [1.29, 1.82) is 0 Å². The van der Waals surface area contributed by atoms with Crippen molar-refractivity contribution < 1.29 is 14.3 Å². The van der Waals surface area contributed by atoms with Crippen molar-refractivity contribution in [2.75, 3.05) is 33.4 Å². The Labute approximate surface area is 103 Å². The molecule has 0 aliphatic carbocycles. The molecule has 2 N–H and O–H groups in total. The molecule has 0 spiro atoms. The van der Waals surface area contributed by atoms with Gasteiger partial charge in [0.05, 0.1) is 13.2 Å². The first-order valence-electron chi connectivity index (χ1n) is 6.17. The first kappa shape index (κ1) is 14.4. The number of ether oxygens (including phenoxy) is 2. The van der Waals surface area contributed by atoms with Crippen molar-refractivity contribution in [3.8, 4) is 0 Å². The van der Waals surface area contributed by atoms with E-state index in [1.165, 1.54) is 7.11 Å². The van der Waals surface area contributed by atoms with Gasteiger partial charge in [0.2, 0.25) is 0 Å². The Balaban J connectivity index is 2.40. The molecule has 1 aliphatic heterocycles. The Morgan fingerprint density at radius 1 is 1.65 bits per heavy atom. The van der Waals surface area contributed by atoms with E-state index in [1.54, 1.807) is 6.92 Å². The van der Waals surface area contributed by atoms with E-state index in [4.69, 9.17) is 15.2 Å². The van der Waals surface area contributed by atoms with Gasteiger partial charge >= 0.3 is 5.97 Å². The summed E-state index contributed by atoms with van der Waals surface area (Å²) in [7, 11) is 1.37. The lowest BCUT2D eigenvalue weighted by Gasteiger charge is -2.27. The molecule has 0 amide bonds. The molecule has 1 fully saturated rings. The van der Waals surface area contributed by atoms with Gasteiger partial charge in [0.1, 0.15) is 5.54 Å². The minimum absolute atomic E-state index is 0.250. The highest BCUT2D eigenvalue weighted by molar-refractivity contribution is 5.79. The molecule has 1 aliphatic rings. The van der Waals surface area contributed by atoms with Gasteiger partial charge in [0, 0.05) is 26.2 Å². The maximum absolute atomic E-state index is 11.4.